The topological polar surface area (TPSA) is 29.4 Å². The van der Waals surface area contributed by atoms with E-state index in [1.54, 1.807) is 0 Å². The fourth-order valence-corrected chi connectivity index (χ4v) is 2.92. The van der Waals surface area contributed by atoms with E-state index in [9.17, 15) is 4.79 Å². The minimum atomic E-state index is -0.0568. The van der Waals surface area contributed by atoms with Crippen LogP contribution in [0.15, 0.2) is 4.99 Å². The van der Waals surface area contributed by atoms with Crippen molar-refractivity contribution in [3.8, 4) is 0 Å². The highest BCUT2D eigenvalue weighted by Gasteiger charge is 2.17. The minimum Gasteiger partial charge on any atom is -0.259 e. The monoisotopic (exact) mass is 281 g/mol. The number of alkyl halides is 2. The molecule has 2 atom stereocenters. The molecule has 0 fully saturated rings. The first-order chi connectivity index (χ1) is 7.63. The molecule has 0 aromatic heterocycles. The maximum atomic E-state index is 10.9. The summed E-state index contributed by atoms with van der Waals surface area (Å²) >= 11 is 13.6. The van der Waals surface area contributed by atoms with Crippen molar-refractivity contribution < 1.29 is 4.79 Å². The zero-order chi connectivity index (χ0) is 12.0. The van der Waals surface area contributed by atoms with E-state index in [0.29, 0.717) is 0 Å². The van der Waals surface area contributed by atoms with Gasteiger partial charge in [0.15, 0.2) is 0 Å². The van der Waals surface area contributed by atoms with Gasteiger partial charge in [-0.1, -0.05) is 25.1 Å². The summed E-state index contributed by atoms with van der Waals surface area (Å²) in [5.74, 6) is 0.755. The molecular formula is C11H17Cl2NOS. The van der Waals surface area contributed by atoms with Gasteiger partial charge in [-0.2, -0.15) is 0 Å². The number of hydrogen-bond donors (Lipinski definition) is 0. The van der Waals surface area contributed by atoms with Crippen LogP contribution in [-0.2, 0) is 0 Å². The van der Waals surface area contributed by atoms with Crippen LogP contribution in [0.3, 0.4) is 0 Å². The number of aliphatic imine (C=N–C) groups is 1. The van der Waals surface area contributed by atoms with Crippen molar-refractivity contribution in [2.75, 3.05) is 5.75 Å². The second kappa shape index (κ2) is 7.57. The Hall–Kier alpha value is 0.270. The third-order valence-corrected chi connectivity index (χ3v) is 4.50. The fraction of sp³-hybridized carbons (Fsp3) is 0.818. The van der Waals surface area contributed by atoms with Crippen molar-refractivity contribution >= 4 is 45.9 Å². The molecule has 1 aliphatic heterocycles. The molecule has 1 amide bonds. The van der Waals surface area contributed by atoms with Gasteiger partial charge in [0, 0.05) is 22.2 Å². The van der Waals surface area contributed by atoms with Gasteiger partial charge in [-0.05, 0) is 25.7 Å². The number of carbonyl (C=O) groups excluding carboxylic acids is 1. The molecule has 2 nitrogen and oxygen atoms in total. The summed E-state index contributed by atoms with van der Waals surface area (Å²) in [6, 6.07) is 0. The zero-order valence-electron chi connectivity index (χ0n) is 9.42. The maximum Gasteiger partial charge on any atom is 0.305 e. The Morgan fingerprint density at radius 1 is 1.38 bits per heavy atom. The van der Waals surface area contributed by atoms with Crippen molar-refractivity contribution in [1.29, 1.82) is 0 Å². The Morgan fingerprint density at radius 2 is 2.06 bits per heavy atom. The van der Waals surface area contributed by atoms with Crippen LogP contribution in [0, 0.1) is 0 Å². The molecule has 0 aliphatic carbocycles. The van der Waals surface area contributed by atoms with Gasteiger partial charge in [-0.25, -0.2) is 4.99 Å². The van der Waals surface area contributed by atoms with E-state index in [1.165, 1.54) is 11.8 Å². The molecule has 92 valence electrons. The Morgan fingerprint density at radius 3 is 2.62 bits per heavy atom. The van der Waals surface area contributed by atoms with Gasteiger partial charge in [0.05, 0.1) is 0 Å². The van der Waals surface area contributed by atoms with E-state index in [2.05, 4.69) is 11.9 Å². The summed E-state index contributed by atoms with van der Waals surface area (Å²) in [7, 11) is 0. The number of rotatable bonds is 7. The second-order valence-corrected chi connectivity index (χ2v) is 5.99. The van der Waals surface area contributed by atoms with Gasteiger partial charge in [0.25, 0.3) is 0 Å². The largest absolute Gasteiger partial charge is 0.305 e. The van der Waals surface area contributed by atoms with Crippen LogP contribution in [0.4, 0.5) is 4.79 Å². The molecule has 1 heterocycles. The molecule has 1 aliphatic rings. The number of carbonyl (C=O) groups is 1. The predicted molar refractivity (Wildman–Crippen MR) is 73.3 cm³/mol. The second-order valence-electron chi connectivity index (χ2n) is 3.95. The molecule has 0 aromatic rings. The average Bonchev–Trinajstić information content (AvgIpc) is 2.64. The molecular weight excluding hydrogens is 265 g/mol. The van der Waals surface area contributed by atoms with Gasteiger partial charge in [-0.3, -0.25) is 4.79 Å². The highest BCUT2D eigenvalue weighted by Crippen LogP contribution is 2.22. The molecule has 0 N–H and O–H groups in total. The Bertz CT molecular complexity index is 271. The zero-order valence-corrected chi connectivity index (χ0v) is 11.7. The van der Waals surface area contributed by atoms with Crippen LogP contribution in [-0.4, -0.2) is 27.5 Å². The summed E-state index contributed by atoms with van der Waals surface area (Å²) in [4.78, 5) is 14.8. The van der Waals surface area contributed by atoms with Crippen LogP contribution in [0.5, 0.6) is 0 Å². The van der Waals surface area contributed by atoms with Gasteiger partial charge in [0.2, 0.25) is 0 Å². The van der Waals surface area contributed by atoms with Gasteiger partial charge in [0.1, 0.15) is 0 Å². The lowest BCUT2D eigenvalue weighted by atomic mass is 10.1. The van der Waals surface area contributed by atoms with Crippen molar-refractivity contribution in [3.63, 3.8) is 0 Å². The van der Waals surface area contributed by atoms with E-state index < -0.39 is 0 Å². The quantitative estimate of drug-likeness (QED) is 0.644. The van der Waals surface area contributed by atoms with Crippen LogP contribution >= 0.6 is 35.0 Å². The standard InChI is InChI=1S/C11H17Cl2NOS/c1-2-4-9(12)10(13)6-3-5-8-7-16-11(15)14-8/h9-10H,2-7H2,1H3. The van der Waals surface area contributed by atoms with E-state index in [0.717, 1.165) is 43.6 Å². The highest BCUT2D eigenvalue weighted by atomic mass is 35.5. The molecule has 0 bridgehead atoms. The first-order valence-corrected chi connectivity index (χ1v) is 7.50. The van der Waals surface area contributed by atoms with Crippen LogP contribution < -0.4 is 0 Å². The molecule has 0 saturated carbocycles. The maximum absolute atomic E-state index is 10.9. The third-order valence-electron chi connectivity index (χ3n) is 2.51. The lowest BCUT2D eigenvalue weighted by molar-refractivity contribution is 0.268. The Labute approximate surface area is 111 Å². The number of halogens is 2. The van der Waals surface area contributed by atoms with Crippen molar-refractivity contribution in [1.82, 2.24) is 0 Å². The summed E-state index contributed by atoms with van der Waals surface area (Å²) < 4.78 is 0. The average molecular weight is 282 g/mol. The fourth-order valence-electron chi connectivity index (χ4n) is 1.61. The molecule has 0 saturated heterocycles. The highest BCUT2D eigenvalue weighted by molar-refractivity contribution is 8.14. The first-order valence-electron chi connectivity index (χ1n) is 5.64. The Kier molecular flexibility index (Phi) is 6.78. The van der Waals surface area contributed by atoms with E-state index >= 15 is 0 Å². The molecule has 0 aromatic carbocycles. The molecule has 2 unspecified atom stereocenters. The number of amides is 1. The smallest absolute Gasteiger partial charge is 0.259 e. The third kappa shape index (κ3) is 5.07. The summed E-state index contributed by atoms with van der Waals surface area (Å²) in [5.41, 5.74) is 1.00. The molecule has 5 heteroatoms. The number of thioether (sulfide) groups is 1. The molecule has 1 rings (SSSR count). The molecule has 0 radical (unpaired) electrons. The van der Waals surface area contributed by atoms with Gasteiger partial charge >= 0.3 is 5.24 Å². The minimum absolute atomic E-state index is 0.0342. The van der Waals surface area contributed by atoms with Gasteiger partial charge in [-0.15, -0.1) is 23.2 Å². The van der Waals surface area contributed by atoms with E-state index in [-0.39, 0.29) is 16.0 Å². The Balaban J connectivity index is 2.15. The van der Waals surface area contributed by atoms with Crippen molar-refractivity contribution in [3.05, 3.63) is 0 Å². The molecule has 0 spiro atoms. The van der Waals surface area contributed by atoms with Gasteiger partial charge < -0.3 is 0 Å². The summed E-state index contributed by atoms with van der Waals surface area (Å²) in [5, 5.41) is 0.0405. The molecule has 16 heavy (non-hydrogen) atoms. The summed E-state index contributed by atoms with van der Waals surface area (Å²) in [6.07, 6.45) is 4.76. The van der Waals surface area contributed by atoms with Crippen molar-refractivity contribution in [2.24, 2.45) is 4.99 Å². The SMILES string of the molecule is CCCC(Cl)C(Cl)CCCC1=NC(=O)SC1. The van der Waals surface area contributed by atoms with Crippen LogP contribution in [0.2, 0.25) is 0 Å². The van der Waals surface area contributed by atoms with Crippen LogP contribution in [0.25, 0.3) is 0 Å². The lowest BCUT2D eigenvalue weighted by Crippen LogP contribution is -2.15. The van der Waals surface area contributed by atoms with E-state index in [4.69, 9.17) is 23.2 Å². The van der Waals surface area contributed by atoms with E-state index in [1.807, 2.05) is 0 Å². The number of nitrogens with zero attached hydrogens (tertiary/aromatic N) is 1. The lowest BCUT2D eigenvalue weighted by Gasteiger charge is -2.14. The normalized spacial score (nSPS) is 19.7. The van der Waals surface area contributed by atoms with Crippen molar-refractivity contribution in [2.45, 2.75) is 49.8 Å². The predicted octanol–water partition coefficient (Wildman–Crippen LogP) is 4.48. The summed E-state index contributed by atoms with van der Waals surface area (Å²) in [6.45, 7) is 2.11. The number of hydrogen-bond acceptors (Lipinski definition) is 2. The van der Waals surface area contributed by atoms with Crippen LogP contribution in [0.1, 0.15) is 39.0 Å². The first kappa shape index (κ1) is 14.3.